The summed E-state index contributed by atoms with van der Waals surface area (Å²) in [6, 6.07) is 0. The summed E-state index contributed by atoms with van der Waals surface area (Å²) in [4.78, 5) is 0. The fourth-order valence-corrected chi connectivity index (χ4v) is 1.72. The Morgan fingerprint density at radius 1 is 1.44 bits per heavy atom. The summed E-state index contributed by atoms with van der Waals surface area (Å²) in [6.07, 6.45) is 7.26. The molecule has 9 heavy (non-hydrogen) atoms. The SMILES string of the molecule is C=C1CC2C=CC1C2.[Li]. The molecule has 0 N–H and O–H groups in total. The summed E-state index contributed by atoms with van der Waals surface area (Å²) in [5.41, 5.74) is 1.46. The molecule has 2 bridgehead atoms. The third-order valence-corrected chi connectivity index (χ3v) is 2.22. The Kier molecular flexibility index (Phi) is 1.89. The fraction of sp³-hybridized carbons (Fsp3) is 0.500. The summed E-state index contributed by atoms with van der Waals surface area (Å²) >= 11 is 0. The van der Waals surface area contributed by atoms with Crippen molar-refractivity contribution in [3.05, 3.63) is 24.3 Å². The second kappa shape index (κ2) is 2.37. The molecule has 0 spiro atoms. The first-order valence-corrected chi connectivity index (χ1v) is 3.22. The minimum atomic E-state index is 0. The Hall–Kier alpha value is 0.0774. The van der Waals surface area contributed by atoms with Gasteiger partial charge in [0.15, 0.2) is 0 Å². The van der Waals surface area contributed by atoms with Gasteiger partial charge in [-0.3, -0.25) is 0 Å². The first kappa shape index (κ1) is 7.19. The van der Waals surface area contributed by atoms with E-state index < -0.39 is 0 Å². The van der Waals surface area contributed by atoms with Gasteiger partial charge in [0, 0.05) is 18.9 Å². The van der Waals surface area contributed by atoms with Gasteiger partial charge in [-0.25, -0.2) is 0 Å². The maximum Gasteiger partial charge on any atom is 0 e. The van der Waals surface area contributed by atoms with Gasteiger partial charge in [-0.05, 0) is 24.7 Å². The number of fused-ring (bicyclic) bond motifs is 2. The molecule has 43 valence electrons. The third kappa shape index (κ3) is 1.02. The predicted molar refractivity (Wildman–Crippen MR) is 40.2 cm³/mol. The van der Waals surface area contributed by atoms with Crippen LogP contribution in [0.25, 0.3) is 0 Å². The maximum absolute atomic E-state index is 3.99. The van der Waals surface area contributed by atoms with Crippen molar-refractivity contribution in [3.8, 4) is 0 Å². The van der Waals surface area contributed by atoms with Crippen LogP contribution in [-0.4, -0.2) is 18.9 Å². The second-order valence-electron chi connectivity index (χ2n) is 2.85. The van der Waals surface area contributed by atoms with Gasteiger partial charge >= 0.3 is 0 Å². The molecule has 1 saturated carbocycles. The number of allylic oxidation sites excluding steroid dienone is 3. The molecule has 0 aromatic heterocycles. The van der Waals surface area contributed by atoms with E-state index in [1.165, 1.54) is 18.4 Å². The molecule has 2 unspecified atom stereocenters. The molecule has 2 aliphatic rings. The van der Waals surface area contributed by atoms with Gasteiger partial charge in [0.1, 0.15) is 0 Å². The first-order chi connectivity index (χ1) is 3.86. The van der Waals surface area contributed by atoms with Crippen LogP contribution in [0, 0.1) is 11.8 Å². The van der Waals surface area contributed by atoms with Gasteiger partial charge in [-0.15, -0.1) is 0 Å². The quantitative estimate of drug-likeness (QED) is 0.331. The van der Waals surface area contributed by atoms with E-state index in [1.807, 2.05) is 0 Å². The van der Waals surface area contributed by atoms with Crippen molar-refractivity contribution in [1.82, 2.24) is 0 Å². The smallest absolute Gasteiger partial charge is 0 e. The Bertz CT molecular complexity index is 158. The number of hydrogen-bond acceptors (Lipinski definition) is 0. The summed E-state index contributed by atoms with van der Waals surface area (Å²) in [7, 11) is 0. The van der Waals surface area contributed by atoms with Gasteiger partial charge in [0.25, 0.3) is 0 Å². The molecule has 0 aliphatic heterocycles. The zero-order valence-electron chi connectivity index (χ0n) is 5.93. The molecule has 1 radical (unpaired) electrons. The molecule has 0 heterocycles. The van der Waals surface area contributed by atoms with Gasteiger partial charge in [0.2, 0.25) is 0 Å². The van der Waals surface area contributed by atoms with Crippen molar-refractivity contribution in [2.75, 3.05) is 0 Å². The van der Waals surface area contributed by atoms with Crippen molar-refractivity contribution in [1.29, 1.82) is 0 Å². The van der Waals surface area contributed by atoms with Gasteiger partial charge in [0.05, 0.1) is 0 Å². The van der Waals surface area contributed by atoms with E-state index >= 15 is 0 Å². The summed E-state index contributed by atoms with van der Waals surface area (Å²) in [5, 5.41) is 0. The van der Waals surface area contributed by atoms with Crippen LogP contribution in [-0.2, 0) is 0 Å². The average molecular weight is 113 g/mol. The molecule has 2 aliphatic carbocycles. The normalized spacial score (nSPS) is 37.1. The summed E-state index contributed by atoms with van der Waals surface area (Å²) in [6.45, 7) is 3.99. The number of hydrogen-bond donors (Lipinski definition) is 0. The Labute approximate surface area is 68.2 Å². The molecule has 1 heteroatoms. The van der Waals surface area contributed by atoms with Crippen LogP contribution < -0.4 is 0 Å². The molecule has 0 saturated heterocycles. The van der Waals surface area contributed by atoms with Crippen LogP contribution in [0.3, 0.4) is 0 Å². The Morgan fingerprint density at radius 3 is 2.44 bits per heavy atom. The summed E-state index contributed by atoms with van der Waals surface area (Å²) < 4.78 is 0. The predicted octanol–water partition coefficient (Wildman–Crippen LogP) is 1.76. The topological polar surface area (TPSA) is 0 Å². The minimum absolute atomic E-state index is 0. The van der Waals surface area contributed by atoms with E-state index in [1.54, 1.807) is 0 Å². The molecular weight excluding hydrogens is 103 g/mol. The van der Waals surface area contributed by atoms with Crippen molar-refractivity contribution in [2.24, 2.45) is 11.8 Å². The molecule has 2 atom stereocenters. The van der Waals surface area contributed by atoms with Crippen LogP contribution in [0.4, 0.5) is 0 Å². The van der Waals surface area contributed by atoms with E-state index in [0.29, 0.717) is 0 Å². The van der Waals surface area contributed by atoms with Crippen LogP contribution in [0.5, 0.6) is 0 Å². The van der Waals surface area contributed by atoms with E-state index in [0.717, 1.165) is 11.8 Å². The van der Waals surface area contributed by atoms with Gasteiger partial charge in [-0.1, -0.05) is 24.3 Å². The largest absolute Gasteiger partial charge is 0.0992 e. The Morgan fingerprint density at radius 2 is 2.22 bits per heavy atom. The van der Waals surface area contributed by atoms with Crippen LogP contribution in [0.1, 0.15) is 12.8 Å². The minimum Gasteiger partial charge on any atom is -0.0992 e. The molecule has 0 aromatic rings. The zero-order valence-corrected chi connectivity index (χ0v) is 5.93. The molecule has 1 fully saturated rings. The maximum atomic E-state index is 3.99. The number of rotatable bonds is 0. The van der Waals surface area contributed by atoms with E-state index in [4.69, 9.17) is 0 Å². The molecule has 0 aromatic carbocycles. The van der Waals surface area contributed by atoms with Crippen molar-refractivity contribution >= 4 is 18.9 Å². The van der Waals surface area contributed by atoms with Crippen LogP contribution >= 0.6 is 0 Å². The molecular formula is C8H10Li. The van der Waals surface area contributed by atoms with Crippen molar-refractivity contribution in [3.63, 3.8) is 0 Å². The third-order valence-electron chi connectivity index (χ3n) is 2.22. The average Bonchev–Trinajstić information content (AvgIpc) is 2.23. The summed E-state index contributed by atoms with van der Waals surface area (Å²) in [5.74, 6) is 1.63. The Balaban J connectivity index is 0.000000405. The first-order valence-electron chi connectivity index (χ1n) is 3.22. The standard InChI is InChI=1S/C8H10.Li/c1-6-4-7-2-3-8(6)5-7;/h2-3,7-8H,1,4-5H2;. The zero-order chi connectivity index (χ0) is 5.56. The van der Waals surface area contributed by atoms with E-state index in [-0.39, 0.29) is 18.9 Å². The van der Waals surface area contributed by atoms with Gasteiger partial charge < -0.3 is 0 Å². The van der Waals surface area contributed by atoms with Gasteiger partial charge in [-0.2, -0.15) is 0 Å². The van der Waals surface area contributed by atoms with E-state index in [2.05, 4.69) is 18.7 Å². The second-order valence-corrected chi connectivity index (χ2v) is 2.85. The molecule has 0 amide bonds. The van der Waals surface area contributed by atoms with Crippen molar-refractivity contribution in [2.45, 2.75) is 12.8 Å². The fourth-order valence-electron chi connectivity index (χ4n) is 1.72. The van der Waals surface area contributed by atoms with Crippen LogP contribution in [0.2, 0.25) is 0 Å². The molecule has 2 rings (SSSR count). The van der Waals surface area contributed by atoms with Crippen molar-refractivity contribution < 1.29 is 0 Å². The van der Waals surface area contributed by atoms with E-state index in [9.17, 15) is 0 Å². The molecule has 0 nitrogen and oxygen atoms in total. The monoisotopic (exact) mass is 113 g/mol. The van der Waals surface area contributed by atoms with Crippen LogP contribution in [0.15, 0.2) is 24.3 Å².